The summed E-state index contributed by atoms with van der Waals surface area (Å²) in [5.74, 6) is 0.117. The molecule has 0 spiro atoms. The Bertz CT molecular complexity index is 439. The molecule has 1 aromatic carbocycles. The summed E-state index contributed by atoms with van der Waals surface area (Å²) in [7, 11) is 0. The summed E-state index contributed by atoms with van der Waals surface area (Å²) in [6, 6.07) is 9.88. The molecule has 4 heteroatoms. The molecule has 0 saturated heterocycles. The lowest BCUT2D eigenvalue weighted by molar-refractivity contribution is -0.508. The Morgan fingerprint density at radius 1 is 1.19 bits per heavy atom. The van der Waals surface area contributed by atoms with Crippen LogP contribution in [0.3, 0.4) is 0 Å². The van der Waals surface area contributed by atoms with Gasteiger partial charge < -0.3 is 0 Å². The number of hydrogen-bond acceptors (Lipinski definition) is 2. The van der Waals surface area contributed by atoms with Crippen LogP contribution in [0, 0.1) is 10.1 Å². The predicted octanol–water partition coefficient (Wildman–Crippen LogP) is 3.26. The third-order valence-electron chi connectivity index (χ3n) is 2.54. The van der Waals surface area contributed by atoms with Crippen molar-refractivity contribution in [3.05, 3.63) is 70.3 Å². The predicted molar refractivity (Wildman–Crippen MR) is 66.1 cm³/mol. The monoisotopic (exact) mass is 279 g/mol. The summed E-state index contributed by atoms with van der Waals surface area (Å²) in [4.78, 5) is 10.4. The van der Waals surface area contributed by atoms with E-state index >= 15 is 0 Å². The average Bonchev–Trinajstić information content (AvgIpc) is 2.31. The first-order valence-corrected chi connectivity index (χ1v) is 5.68. The zero-order chi connectivity index (χ0) is 11.6. The van der Waals surface area contributed by atoms with Gasteiger partial charge in [0.05, 0.1) is 0 Å². The second kappa shape index (κ2) is 4.22. The van der Waals surface area contributed by atoms with Crippen LogP contribution in [-0.4, -0.2) is 9.37 Å². The second-order valence-electron chi connectivity index (χ2n) is 3.64. The largest absolute Gasteiger partial charge is 0.311 e. The first-order chi connectivity index (χ1) is 7.62. The van der Waals surface area contributed by atoms with Crippen LogP contribution in [0.5, 0.6) is 0 Å². The van der Waals surface area contributed by atoms with Crippen molar-refractivity contribution < 1.29 is 4.92 Å². The summed E-state index contributed by atoms with van der Waals surface area (Å²) >= 11 is 3.09. The van der Waals surface area contributed by atoms with Gasteiger partial charge in [0.15, 0.2) is 0 Å². The number of nitrogens with zero attached hydrogens (tertiary/aromatic N) is 1. The van der Waals surface area contributed by atoms with Crippen molar-refractivity contribution in [2.75, 3.05) is 0 Å². The molecule has 0 radical (unpaired) electrons. The normalized spacial score (nSPS) is 27.9. The van der Waals surface area contributed by atoms with E-state index in [0.29, 0.717) is 0 Å². The Hall–Kier alpha value is -1.42. The van der Waals surface area contributed by atoms with Crippen molar-refractivity contribution in [1.29, 1.82) is 0 Å². The van der Waals surface area contributed by atoms with Crippen LogP contribution in [0.2, 0.25) is 0 Å². The van der Waals surface area contributed by atoms with E-state index < -0.39 is 4.45 Å². The molecule has 0 heterocycles. The second-order valence-corrected chi connectivity index (χ2v) is 4.91. The van der Waals surface area contributed by atoms with Crippen molar-refractivity contribution in [3.63, 3.8) is 0 Å². The van der Waals surface area contributed by atoms with Gasteiger partial charge in [0.2, 0.25) is 0 Å². The summed E-state index contributed by atoms with van der Waals surface area (Å²) in [5, 5.41) is 10.8. The first-order valence-electron chi connectivity index (χ1n) is 4.89. The molecule has 16 heavy (non-hydrogen) atoms. The van der Waals surface area contributed by atoms with Crippen LogP contribution in [0.1, 0.15) is 11.5 Å². The zero-order valence-electron chi connectivity index (χ0n) is 8.42. The molecular formula is C12H10BrNO2. The third-order valence-corrected chi connectivity index (χ3v) is 3.36. The molecule has 0 saturated carbocycles. The lowest BCUT2D eigenvalue weighted by Gasteiger charge is -2.18. The first kappa shape index (κ1) is 11.1. The Balaban J connectivity index is 2.22. The van der Waals surface area contributed by atoms with E-state index in [0.717, 1.165) is 5.56 Å². The highest BCUT2D eigenvalue weighted by Gasteiger charge is 2.35. The molecular weight excluding hydrogens is 270 g/mol. The SMILES string of the molecule is O=[N+]([O-])C1(Br)C=CC(c2ccccc2)C=C1. The number of alkyl halides is 1. The van der Waals surface area contributed by atoms with Crippen molar-refractivity contribution in [3.8, 4) is 0 Å². The van der Waals surface area contributed by atoms with E-state index in [9.17, 15) is 10.1 Å². The molecule has 0 unspecified atom stereocenters. The summed E-state index contributed by atoms with van der Waals surface area (Å²) < 4.78 is -1.24. The molecule has 0 bridgehead atoms. The van der Waals surface area contributed by atoms with Crippen molar-refractivity contribution in [2.45, 2.75) is 10.4 Å². The van der Waals surface area contributed by atoms with Crippen LogP contribution in [-0.2, 0) is 0 Å². The van der Waals surface area contributed by atoms with Gasteiger partial charge in [-0.3, -0.25) is 10.1 Å². The Morgan fingerprint density at radius 2 is 1.75 bits per heavy atom. The van der Waals surface area contributed by atoms with E-state index in [1.807, 2.05) is 42.5 Å². The molecule has 0 aliphatic heterocycles. The maximum atomic E-state index is 10.8. The van der Waals surface area contributed by atoms with Gasteiger partial charge in [-0.25, -0.2) is 0 Å². The molecule has 1 aliphatic rings. The number of rotatable bonds is 2. The minimum Gasteiger partial charge on any atom is -0.262 e. The van der Waals surface area contributed by atoms with Gasteiger partial charge in [-0.05, 0) is 5.56 Å². The van der Waals surface area contributed by atoms with E-state index in [4.69, 9.17) is 0 Å². The minimum absolute atomic E-state index is 0.117. The molecule has 2 rings (SSSR count). The molecule has 3 nitrogen and oxygen atoms in total. The van der Waals surface area contributed by atoms with E-state index in [1.54, 1.807) is 12.2 Å². The smallest absolute Gasteiger partial charge is 0.262 e. The highest BCUT2D eigenvalue weighted by Crippen LogP contribution is 2.31. The topological polar surface area (TPSA) is 43.1 Å². The maximum Gasteiger partial charge on any atom is 0.311 e. The minimum atomic E-state index is -1.24. The van der Waals surface area contributed by atoms with Crippen molar-refractivity contribution in [2.24, 2.45) is 0 Å². The van der Waals surface area contributed by atoms with Crippen LogP contribution < -0.4 is 0 Å². The number of benzene rings is 1. The van der Waals surface area contributed by atoms with Gasteiger partial charge in [-0.1, -0.05) is 42.5 Å². The highest BCUT2D eigenvalue weighted by molar-refractivity contribution is 9.10. The summed E-state index contributed by atoms with van der Waals surface area (Å²) in [6.45, 7) is 0. The van der Waals surface area contributed by atoms with E-state index in [-0.39, 0.29) is 10.8 Å². The molecule has 0 aromatic heterocycles. The lowest BCUT2D eigenvalue weighted by atomic mass is 9.93. The Kier molecular flexibility index (Phi) is 2.92. The summed E-state index contributed by atoms with van der Waals surface area (Å²) in [6.07, 6.45) is 6.83. The van der Waals surface area contributed by atoms with Gasteiger partial charge in [0.1, 0.15) is 0 Å². The van der Waals surface area contributed by atoms with E-state index in [2.05, 4.69) is 15.9 Å². The standard InChI is InChI=1S/C12H10BrNO2/c13-12(14(15)16)8-6-11(7-9-12)10-4-2-1-3-5-10/h1-9,11H. The fourth-order valence-electron chi connectivity index (χ4n) is 1.62. The van der Waals surface area contributed by atoms with Crippen LogP contribution in [0.15, 0.2) is 54.6 Å². The van der Waals surface area contributed by atoms with Crippen LogP contribution >= 0.6 is 15.9 Å². The van der Waals surface area contributed by atoms with Gasteiger partial charge in [0, 0.05) is 38.9 Å². The molecule has 1 aromatic rings. The fourth-order valence-corrected chi connectivity index (χ4v) is 1.92. The lowest BCUT2D eigenvalue weighted by Crippen LogP contribution is -2.27. The van der Waals surface area contributed by atoms with Crippen LogP contribution in [0.4, 0.5) is 0 Å². The number of halogens is 1. The summed E-state index contributed by atoms with van der Waals surface area (Å²) in [5.41, 5.74) is 1.13. The van der Waals surface area contributed by atoms with Crippen LogP contribution in [0.25, 0.3) is 0 Å². The zero-order valence-corrected chi connectivity index (χ0v) is 10.0. The van der Waals surface area contributed by atoms with Gasteiger partial charge >= 0.3 is 4.45 Å². The van der Waals surface area contributed by atoms with E-state index in [1.165, 1.54) is 0 Å². The van der Waals surface area contributed by atoms with Crippen molar-refractivity contribution in [1.82, 2.24) is 0 Å². The Morgan fingerprint density at radius 3 is 2.25 bits per heavy atom. The molecule has 0 fully saturated rings. The number of allylic oxidation sites excluding steroid dienone is 2. The molecule has 0 N–H and O–H groups in total. The fraction of sp³-hybridized carbons (Fsp3) is 0.167. The molecule has 0 atom stereocenters. The van der Waals surface area contributed by atoms with Gasteiger partial charge in [0.25, 0.3) is 0 Å². The quantitative estimate of drug-likeness (QED) is 0.274. The molecule has 0 amide bonds. The number of nitro groups is 1. The molecule has 1 aliphatic carbocycles. The average molecular weight is 280 g/mol. The number of hydrogen-bond donors (Lipinski definition) is 0. The maximum absolute atomic E-state index is 10.8. The van der Waals surface area contributed by atoms with Gasteiger partial charge in [-0.2, -0.15) is 0 Å². The highest BCUT2D eigenvalue weighted by atomic mass is 79.9. The molecule has 82 valence electrons. The Labute approximate surface area is 102 Å². The van der Waals surface area contributed by atoms with Gasteiger partial charge in [-0.15, -0.1) is 0 Å². The third kappa shape index (κ3) is 2.07. The van der Waals surface area contributed by atoms with Crippen molar-refractivity contribution >= 4 is 15.9 Å².